The average molecular weight is 313 g/mol. The third-order valence-electron chi connectivity index (χ3n) is 5.08. The lowest BCUT2D eigenvalue weighted by Crippen LogP contribution is -2.16. The third-order valence-corrected chi connectivity index (χ3v) is 5.08. The number of fused-ring (bicyclic) bond motifs is 3. The SMILES string of the molecule is Cc1cc(C)cc(Nc2cccc3c2C(C)(C)c2ccccc2-3)c1. The lowest BCUT2D eigenvalue weighted by molar-refractivity contribution is 0.662. The Morgan fingerprint density at radius 3 is 2.17 bits per heavy atom. The van der Waals surface area contributed by atoms with Gasteiger partial charge >= 0.3 is 0 Å². The van der Waals surface area contributed by atoms with E-state index in [1.165, 1.54) is 39.1 Å². The summed E-state index contributed by atoms with van der Waals surface area (Å²) in [4.78, 5) is 0. The zero-order valence-electron chi connectivity index (χ0n) is 14.8. The van der Waals surface area contributed by atoms with Crippen LogP contribution in [0.5, 0.6) is 0 Å². The molecule has 1 heteroatoms. The van der Waals surface area contributed by atoms with Crippen LogP contribution < -0.4 is 5.32 Å². The van der Waals surface area contributed by atoms with E-state index in [9.17, 15) is 0 Å². The second-order valence-electron chi connectivity index (χ2n) is 7.40. The molecule has 0 saturated carbocycles. The van der Waals surface area contributed by atoms with Crippen LogP contribution in [-0.2, 0) is 5.41 Å². The van der Waals surface area contributed by atoms with Gasteiger partial charge in [0.15, 0.2) is 0 Å². The van der Waals surface area contributed by atoms with Crippen molar-refractivity contribution in [2.45, 2.75) is 33.1 Å². The van der Waals surface area contributed by atoms with Crippen molar-refractivity contribution in [1.29, 1.82) is 0 Å². The topological polar surface area (TPSA) is 12.0 Å². The summed E-state index contributed by atoms with van der Waals surface area (Å²) in [6, 6.07) is 22.0. The molecule has 3 aromatic carbocycles. The Hall–Kier alpha value is -2.54. The number of hydrogen-bond donors (Lipinski definition) is 1. The maximum Gasteiger partial charge on any atom is 0.0431 e. The predicted molar refractivity (Wildman–Crippen MR) is 103 cm³/mol. The molecule has 0 fully saturated rings. The molecular formula is C23H23N. The van der Waals surface area contributed by atoms with E-state index in [2.05, 4.69) is 93.7 Å². The summed E-state index contributed by atoms with van der Waals surface area (Å²) in [6.07, 6.45) is 0. The van der Waals surface area contributed by atoms with Crippen LogP contribution in [0.15, 0.2) is 60.7 Å². The molecular weight excluding hydrogens is 290 g/mol. The highest BCUT2D eigenvalue weighted by molar-refractivity contribution is 5.87. The molecule has 1 N–H and O–H groups in total. The summed E-state index contributed by atoms with van der Waals surface area (Å²) in [5.74, 6) is 0. The van der Waals surface area contributed by atoms with E-state index >= 15 is 0 Å². The fraction of sp³-hybridized carbons (Fsp3) is 0.217. The fourth-order valence-corrected chi connectivity index (χ4v) is 4.15. The standard InChI is InChI=1S/C23H23N/c1-15-12-16(2)14-17(13-15)24-21-11-7-9-19-18-8-5-6-10-20(18)23(3,4)22(19)21/h5-14,24H,1-4H3. The van der Waals surface area contributed by atoms with Gasteiger partial charge in [-0.2, -0.15) is 0 Å². The molecule has 0 heterocycles. The van der Waals surface area contributed by atoms with Gasteiger partial charge in [-0.3, -0.25) is 0 Å². The van der Waals surface area contributed by atoms with Crippen LogP contribution >= 0.6 is 0 Å². The number of nitrogens with one attached hydrogen (secondary N) is 1. The highest BCUT2D eigenvalue weighted by Crippen LogP contribution is 2.51. The normalized spacial score (nSPS) is 14.2. The molecule has 1 nitrogen and oxygen atoms in total. The van der Waals surface area contributed by atoms with Crippen molar-refractivity contribution in [2.75, 3.05) is 5.32 Å². The first-order valence-corrected chi connectivity index (χ1v) is 8.55. The van der Waals surface area contributed by atoms with Crippen LogP contribution in [0.4, 0.5) is 11.4 Å². The molecule has 0 amide bonds. The first-order valence-electron chi connectivity index (χ1n) is 8.55. The largest absolute Gasteiger partial charge is 0.355 e. The lowest BCUT2D eigenvalue weighted by Gasteiger charge is -2.25. The van der Waals surface area contributed by atoms with Gasteiger partial charge in [-0.15, -0.1) is 0 Å². The lowest BCUT2D eigenvalue weighted by atomic mass is 9.81. The van der Waals surface area contributed by atoms with Crippen LogP contribution in [-0.4, -0.2) is 0 Å². The Morgan fingerprint density at radius 1 is 0.750 bits per heavy atom. The van der Waals surface area contributed by atoms with E-state index in [1.807, 2.05) is 0 Å². The van der Waals surface area contributed by atoms with Crippen molar-refractivity contribution in [3.05, 3.63) is 82.9 Å². The van der Waals surface area contributed by atoms with Crippen molar-refractivity contribution < 1.29 is 0 Å². The van der Waals surface area contributed by atoms with Gasteiger partial charge in [0.1, 0.15) is 0 Å². The highest BCUT2D eigenvalue weighted by atomic mass is 14.9. The molecule has 120 valence electrons. The molecule has 24 heavy (non-hydrogen) atoms. The average Bonchev–Trinajstić information content (AvgIpc) is 2.76. The van der Waals surface area contributed by atoms with Crippen LogP contribution in [0.1, 0.15) is 36.1 Å². The minimum atomic E-state index is 0.00832. The Labute approximate surface area is 144 Å². The number of anilines is 2. The van der Waals surface area contributed by atoms with Gasteiger partial charge < -0.3 is 5.32 Å². The van der Waals surface area contributed by atoms with E-state index in [4.69, 9.17) is 0 Å². The summed E-state index contributed by atoms with van der Waals surface area (Å²) in [7, 11) is 0. The van der Waals surface area contributed by atoms with Crippen LogP contribution in [0.2, 0.25) is 0 Å². The summed E-state index contributed by atoms with van der Waals surface area (Å²) in [5, 5.41) is 3.68. The third kappa shape index (κ3) is 2.24. The summed E-state index contributed by atoms with van der Waals surface area (Å²) < 4.78 is 0. The van der Waals surface area contributed by atoms with E-state index in [-0.39, 0.29) is 5.41 Å². The highest BCUT2D eigenvalue weighted by Gasteiger charge is 2.37. The molecule has 4 rings (SSSR count). The number of aryl methyl sites for hydroxylation is 2. The zero-order valence-corrected chi connectivity index (χ0v) is 14.8. The van der Waals surface area contributed by atoms with Crippen molar-refractivity contribution in [3.8, 4) is 11.1 Å². The molecule has 0 radical (unpaired) electrons. The van der Waals surface area contributed by atoms with Crippen LogP contribution in [0, 0.1) is 13.8 Å². The minimum Gasteiger partial charge on any atom is -0.355 e. The fourth-order valence-electron chi connectivity index (χ4n) is 4.15. The van der Waals surface area contributed by atoms with Crippen molar-refractivity contribution in [3.63, 3.8) is 0 Å². The monoisotopic (exact) mass is 313 g/mol. The Balaban J connectivity index is 1.86. The minimum absolute atomic E-state index is 0.00832. The van der Waals surface area contributed by atoms with Crippen LogP contribution in [0.25, 0.3) is 11.1 Å². The number of rotatable bonds is 2. The van der Waals surface area contributed by atoms with E-state index in [0.29, 0.717) is 0 Å². The van der Waals surface area contributed by atoms with Gasteiger partial charge in [-0.05, 0) is 65.4 Å². The van der Waals surface area contributed by atoms with Crippen molar-refractivity contribution in [2.24, 2.45) is 0 Å². The summed E-state index contributed by atoms with van der Waals surface area (Å²) in [5.41, 5.74) is 10.5. The Morgan fingerprint density at radius 2 is 1.42 bits per heavy atom. The summed E-state index contributed by atoms with van der Waals surface area (Å²) >= 11 is 0. The van der Waals surface area contributed by atoms with Crippen molar-refractivity contribution in [1.82, 2.24) is 0 Å². The first kappa shape index (κ1) is 15.0. The Kier molecular flexibility index (Phi) is 3.28. The first-order chi connectivity index (χ1) is 11.5. The van der Waals surface area contributed by atoms with Gasteiger partial charge in [0.2, 0.25) is 0 Å². The molecule has 0 unspecified atom stereocenters. The van der Waals surface area contributed by atoms with Gasteiger partial charge in [0.05, 0.1) is 0 Å². The van der Waals surface area contributed by atoms with E-state index in [1.54, 1.807) is 0 Å². The zero-order chi connectivity index (χ0) is 16.9. The molecule has 0 aromatic heterocycles. The molecule has 0 atom stereocenters. The van der Waals surface area contributed by atoms with Crippen molar-refractivity contribution >= 4 is 11.4 Å². The molecule has 3 aromatic rings. The molecule has 0 spiro atoms. The van der Waals surface area contributed by atoms with Gasteiger partial charge in [0, 0.05) is 16.8 Å². The molecule has 0 saturated heterocycles. The van der Waals surface area contributed by atoms with E-state index < -0.39 is 0 Å². The Bertz CT molecular complexity index is 914. The smallest absolute Gasteiger partial charge is 0.0431 e. The van der Waals surface area contributed by atoms with Gasteiger partial charge in [-0.1, -0.05) is 56.3 Å². The molecule has 1 aliphatic carbocycles. The molecule has 0 aliphatic heterocycles. The molecule has 1 aliphatic rings. The second kappa shape index (κ2) is 5.24. The van der Waals surface area contributed by atoms with E-state index in [0.717, 1.165) is 5.69 Å². The second-order valence-corrected chi connectivity index (χ2v) is 7.40. The molecule has 0 bridgehead atoms. The maximum atomic E-state index is 3.68. The number of benzene rings is 3. The summed E-state index contributed by atoms with van der Waals surface area (Å²) in [6.45, 7) is 8.94. The number of hydrogen-bond acceptors (Lipinski definition) is 1. The van der Waals surface area contributed by atoms with Crippen LogP contribution in [0.3, 0.4) is 0 Å². The predicted octanol–water partition coefficient (Wildman–Crippen LogP) is 6.35. The quantitative estimate of drug-likeness (QED) is 0.581. The maximum absolute atomic E-state index is 3.68. The van der Waals surface area contributed by atoms with Gasteiger partial charge in [0.25, 0.3) is 0 Å². The van der Waals surface area contributed by atoms with Gasteiger partial charge in [-0.25, -0.2) is 0 Å².